The molecular weight excluding hydrogens is 483 g/mol. The second-order valence-corrected chi connectivity index (χ2v) is 9.56. The summed E-state index contributed by atoms with van der Waals surface area (Å²) in [4.78, 5) is 15.9. The number of imidazole rings is 1. The van der Waals surface area contributed by atoms with Crippen LogP contribution in [0.3, 0.4) is 0 Å². The van der Waals surface area contributed by atoms with Gasteiger partial charge in [0.2, 0.25) is 5.28 Å². The molecule has 0 spiro atoms. The summed E-state index contributed by atoms with van der Waals surface area (Å²) < 4.78 is 52.3. The fourth-order valence-corrected chi connectivity index (χ4v) is 5.11. The summed E-state index contributed by atoms with van der Waals surface area (Å²) in [5, 5.41) is 0.163. The Morgan fingerprint density at radius 2 is 1.91 bits per heavy atom. The second kappa shape index (κ2) is 9.46. The van der Waals surface area contributed by atoms with E-state index < -0.39 is 11.7 Å². The lowest BCUT2D eigenvalue weighted by molar-refractivity contribution is -0.137. The molecule has 2 fully saturated rings. The molecule has 2 aliphatic rings. The van der Waals surface area contributed by atoms with Crippen molar-refractivity contribution in [1.82, 2.24) is 19.5 Å². The molecule has 0 amide bonds. The van der Waals surface area contributed by atoms with Gasteiger partial charge in [0.05, 0.1) is 18.2 Å². The lowest BCUT2D eigenvalue weighted by atomic mass is 10.0. The first-order valence-corrected chi connectivity index (χ1v) is 12.2. The summed E-state index contributed by atoms with van der Waals surface area (Å²) in [5.74, 6) is 1.95. The van der Waals surface area contributed by atoms with Gasteiger partial charge in [-0.05, 0) is 62.6 Å². The number of fused-ring (bicyclic) bond motifs is 1. The van der Waals surface area contributed by atoms with Crippen LogP contribution in [0.5, 0.6) is 5.75 Å². The Kier molecular flexibility index (Phi) is 6.52. The van der Waals surface area contributed by atoms with Crippen molar-refractivity contribution >= 4 is 28.6 Å². The maximum atomic E-state index is 12.8. The second-order valence-electron chi connectivity index (χ2n) is 9.22. The van der Waals surface area contributed by atoms with E-state index in [0.717, 1.165) is 37.4 Å². The molecule has 5 rings (SSSR count). The lowest BCUT2D eigenvalue weighted by Crippen LogP contribution is -2.45. The van der Waals surface area contributed by atoms with Crippen molar-refractivity contribution in [2.24, 2.45) is 0 Å². The monoisotopic (exact) mass is 509 g/mol. The number of piperidine rings is 1. The van der Waals surface area contributed by atoms with Gasteiger partial charge < -0.3 is 18.9 Å². The highest BCUT2D eigenvalue weighted by Crippen LogP contribution is 2.34. The number of anilines is 1. The Morgan fingerprint density at radius 3 is 2.57 bits per heavy atom. The fraction of sp³-hybridized carbons (Fsp3) is 0.542. The van der Waals surface area contributed by atoms with Crippen LogP contribution in [-0.2, 0) is 17.5 Å². The number of hydrogen-bond donors (Lipinski definition) is 0. The number of alkyl halides is 3. The molecule has 0 N–H and O–H groups in total. The number of aromatic nitrogens is 4. The van der Waals surface area contributed by atoms with Crippen LogP contribution in [0.25, 0.3) is 11.2 Å². The quantitative estimate of drug-likeness (QED) is 0.428. The van der Waals surface area contributed by atoms with Gasteiger partial charge in [0.1, 0.15) is 17.7 Å². The van der Waals surface area contributed by atoms with Crippen LogP contribution in [0.15, 0.2) is 24.3 Å². The van der Waals surface area contributed by atoms with E-state index in [1.165, 1.54) is 12.1 Å². The molecule has 7 nitrogen and oxygen atoms in total. The molecule has 4 heterocycles. The molecule has 35 heavy (non-hydrogen) atoms. The van der Waals surface area contributed by atoms with Gasteiger partial charge in [-0.25, -0.2) is 4.98 Å². The number of aryl methyl sites for hydroxylation is 1. The van der Waals surface area contributed by atoms with E-state index in [9.17, 15) is 13.2 Å². The smallest absolute Gasteiger partial charge is 0.416 e. The van der Waals surface area contributed by atoms with Crippen LogP contribution < -0.4 is 9.64 Å². The molecule has 0 radical (unpaired) electrons. The summed E-state index contributed by atoms with van der Waals surface area (Å²) in [6, 6.07) is 4.89. The zero-order valence-corrected chi connectivity index (χ0v) is 20.3. The molecule has 0 aliphatic carbocycles. The van der Waals surface area contributed by atoms with Crippen molar-refractivity contribution in [2.75, 3.05) is 18.1 Å². The number of halogens is 4. The van der Waals surface area contributed by atoms with E-state index >= 15 is 0 Å². The Bertz CT molecular complexity index is 1190. The number of benzene rings is 1. The highest BCUT2D eigenvalue weighted by Gasteiger charge is 2.32. The molecule has 3 atom stereocenters. The van der Waals surface area contributed by atoms with Crippen LogP contribution in [0.4, 0.5) is 19.0 Å². The van der Waals surface area contributed by atoms with Gasteiger partial charge in [-0.2, -0.15) is 23.1 Å². The highest BCUT2D eigenvalue weighted by atomic mass is 35.5. The minimum Gasteiger partial charge on any atom is -0.490 e. The van der Waals surface area contributed by atoms with Crippen molar-refractivity contribution in [2.45, 2.75) is 70.5 Å². The minimum absolute atomic E-state index is 0.0565. The molecule has 0 saturated carbocycles. The van der Waals surface area contributed by atoms with Crippen LogP contribution in [-0.4, -0.2) is 50.9 Å². The average molecular weight is 510 g/mol. The first kappa shape index (κ1) is 24.1. The number of hydrogen-bond acceptors (Lipinski definition) is 6. The maximum absolute atomic E-state index is 12.8. The first-order chi connectivity index (χ1) is 16.7. The molecule has 2 aromatic heterocycles. The standard InChI is InChI=1S/C24H27ClF3N5O2/c1-14-12-18(35-17-7-5-16(6-8-17)24(26,27)28)9-10-32(14)21-20-22(31-23(25)30-21)33(15(2)29-20)13-19-4-3-11-34-19/h5-8,14,18-19H,3-4,9-13H2,1-2H3/t14-,18-,19-/m0/s1. The van der Waals surface area contributed by atoms with Crippen molar-refractivity contribution in [3.8, 4) is 5.75 Å². The van der Waals surface area contributed by atoms with Gasteiger partial charge in [-0.15, -0.1) is 0 Å². The predicted molar refractivity (Wildman–Crippen MR) is 126 cm³/mol. The van der Waals surface area contributed by atoms with Gasteiger partial charge in [-0.1, -0.05) is 0 Å². The zero-order chi connectivity index (χ0) is 24.7. The molecule has 2 aliphatic heterocycles. The van der Waals surface area contributed by atoms with Gasteiger partial charge in [0.25, 0.3) is 0 Å². The Labute approximate surface area is 206 Å². The summed E-state index contributed by atoms with van der Waals surface area (Å²) >= 11 is 6.34. The molecule has 2 saturated heterocycles. The summed E-state index contributed by atoms with van der Waals surface area (Å²) in [5.41, 5.74) is 0.717. The minimum atomic E-state index is -4.36. The van der Waals surface area contributed by atoms with E-state index in [0.29, 0.717) is 48.7 Å². The molecule has 1 aromatic carbocycles. The van der Waals surface area contributed by atoms with Crippen LogP contribution in [0.1, 0.15) is 44.0 Å². The highest BCUT2D eigenvalue weighted by molar-refractivity contribution is 6.28. The predicted octanol–water partition coefficient (Wildman–Crippen LogP) is 5.42. The third kappa shape index (κ3) is 5.04. The van der Waals surface area contributed by atoms with Crippen molar-refractivity contribution in [1.29, 1.82) is 0 Å². The van der Waals surface area contributed by atoms with Gasteiger partial charge >= 0.3 is 6.18 Å². The van der Waals surface area contributed by atoms with Crippen LogP contribution in [0, 0.1) is 6.92 Å². The zero-order valence-electron chi connectivity index (χ0n) is 19.6. The van der Waals surface area contributed by atoms with E-state index in [1.807, 2.05) is 11.5 Å². The largest absolute Gasteiger partial charge is 0.490 e. The van der Waals surface area contributed by atoms with E-state index in [4.69, 9.17) is 26.1 Å². The topological polar surface area (TPSA) is 65.3 Å². The van der Waals surface area contributed by atoms with E-state index in [1.54, 1.807) is 0 Å². The molecule has 0 bridgehead atoms. The molecule has 188 valence electrons. The number of ether oxygens (including phenoxy) is 2. The van der Waals surface area contributed by atoms with Crippen molar-refractivity contribution < 1.29 is 22.6 Å². The van der Waals surface area contributed by atoms with Gasteiger partial charge in [-0.3, -0.25) is 0 Å². The molecule has 3 aromatic rings. The van der Waals surface area contributed by atoms with E-state index in [-0.39, 0.29) is 23.5 Å². The normalized spacial score (nSPS) is 23.3. The SMILES string of the molecule is Cc1nc2c(N3CC[C@H](Oc4ccc(C(F)(F)F)cc4)C[C@@H]3C)nc(Cl)nc2n1C[C@@H]1CCCO1. The molecule has 11 heteroatoms. The van der Waals surface area contributed by atoms with Crippen LogP contribution in [0.2, 0.25) is 5.28 Å². The average Bonchev–Trinajstić information content (AvgIpc) is 3.42. The molecule has 0 unspecified atom stereocenters. The van der Waals surface area contributed by atoms with Gasteiger partial charge in [0, 0.05) is 32.0 Å². The summed E-state index contributed by atoms with van der Waals surface area (Å²) in [6.07, 6.45) is -0.918. The lowest BCUT2D eigenvalue weighted by Gasteiger charge is -2.38. The number of nitrogens with zero attached hydrogens (tertiary/aromatic N) is 5. The Balaban J connectivity index is 1.33. The molecular formula is C24H27ClF3N5O2. The Morgan fingerprint density at radius 1 is 1.14 bits per heavy atom. The fourth-order valence-electron chi connectivity index (χ4n) is 4.95. The third-order valence-electron chi connectivity index (χ3n) is 6.73. The summed E-state index contributed by atoms with van der Waals surface area (Å²) in [6.45, 7) is 6.11. The first-order valence-electron chi connectivity index (χ1n) is 11.8. The Hall–Kier alpha value is -2.59. The maximum Gasteiger partial charge on any atom is 0.416 e. The van der Waals surface area contributed by atoms with E-state index in [2.05, 4.69) is 21.8 Å². The van der Waals surface area contributed by atoms with Crippen LogP contribution >= 0.6 is 11.6 Å². The van der Waals surface area contributed by atoms with Gasteiger partial charge in [0.15, 0.2) is 17.0 Å². The van der Waals surface area contributed by atoms with Crippen molar-refractivity contribution in [3.05, 3.63) is 40.9 Å². The number of rotatable bonds is 5. The third-order valence-corrected chi connectivity index (χ3v) is 6.90. The van der Waals surface area contributed by atoms with Crippen molar-refractivity contribution in [3.63, 3.8) is 0 Å². The summed E-state index contributed by atoms with van der Waals surface area (Å²) in [7, 11) is 0.